The monoisotopic (exact) mass is 379 g/mol. The van der Waals surface area contributed by atoms with E-state index in [0.717, 1.165) is 38.8 Å². The molecule has 154 valence electrons. The number of aliphatic hydroxyl groups excluding tert-OH is 1. The summed E-state index contributed by atoms with van der Waals surface area (Å²) in [5, 5.41) is 22.5. The Morgan fingerprint density at radius 1 is 1.11 bits per heavy atom. The van der Waals surface area contributed by atoms with Gasteiger partial charge in [0.25, 0.3) is 0 Å². The van der Waals surface area contributed by atoms with Gasteiger partial charge in [-0.1, -0.05) is 25.0 Å². The Labute approximate surface area is 163 Å². The third kappa shape index (κ3) is 6.03. The van der Waals surface area contributed by atoms with Crippen LogP contribution >= 0.6 is 0 Å². The molecule has 0 spiro atoms. The molecule has 3 rings (SSSR count). The minimum Gasteiger partial charge on any atom is -0.481 e. The number of rotatable bonds is 12. The molecule has 27 heavy (non-hydrogen) atoms. The molecular weight excluding hydrogens is 342 g/mol. The van der Waals surface area contributed by atoms with Gasteiger partial charge in [0, 0.05) is 13.0 Å². The highest BCUT2D eigenvalue weighted by molar-refractivity contribution is 5.66. The highest BCUT2D eigenvalue weighted by atomic mass is 16.5. The van der Waals surface area contributed by atoms with Gasteiger partial charge < -0.3 is 20.3 Å². The molecule has 1 aliphatic carbocycles. The molecule has 0 aromatic carbocycles. The van der Waals surface area contributed by atoms with Crippen LogP contribution in [0.2, 0.25) is 0 Å². The largest absolute Gasteiger partial charge is 0.481 e. The second-order valence-corrected chi connectivity index (χ2v) is 8.72. The highest BCUT2D eigenvalue weighted by Gasteiger charge is 2.47. The van der Waals surface area contributed by atoms with Crippen molar-refractivity contribution in [2.24, 2.45) is 17.8 Å². The third-order valence-electron chi connectivity index (χ3n) is 6.88. The molecular formula is C22H37NO4. The zero-order chi connectivity index (χ0) is 19.1. The molecule has 1 unspecified atom stereocenters. The maximum absolute atomic E-state index is 10.6. The van der Waals surface area contributed by atoms with Gasteiger partial charge in [-0.05, 0) is 75.7 Å². The molecule has 1 saturated carbocycles. The number of hydrogen-bond donors (Lipinski definition) is 3. The molecule has 2 bridgehead atoms. The number of aliphatic carboxylic acids is 1. The molecule has 2 saturated heterocycles. The van der Waals surface area contributed by atoms with Crippen LogP contribution in [-0.2, 0) is 9.53 Å². The number of carboxylic acids is 1. The van der Waals surface area contributed by atoms with E-state index in [1.54, 1.807) is 0 Å². The van der Waals surface area contributed by atoms with E-state index in [2.05, 4.69) is 17.5 Å². The molecule has 0 aromatic heterocycles. The molecule has 0 aromatic rings. The first-order valence-electron chi connectivity index (χ1n) is 11.1. The Hall–Kier alpha value is -0.910. The van der Waals surface area contributed by atoms with Gasteiger partial charge >= 0.3 is 5.97 Å². The summed E-state index contributed by atoms with van der Waals surface area (Å²) in [6.07, 6.45) is 16.3. The molecule has 5 atom stereocenters. The molecule has 5 nitrogen and oxygen atoms in total. The first-order valence-corrected chi connectivity index (χ1v) is 11.1. The molecule has 0 amide bonds. The van der Waals surface area contributed by atoms with Crippen LogP contribution < -0.4 is 5.32 Å². The van der Waals surface area contributed by atoms with Gasteiger partial charge in [-0.3, -0.25) is 4.79 Å². The summed E-state index contributed by atoms with van der Waals surface area (Å²) in [7, 11) is 0. The van der Waals surface area contributed by atoms with E-state index in [-0.39, 0.29) is 12.5 Å². The first-order chi connectivity index (χ1) is 13.1. The van der Waals surface area contributed by atoms with Gasteiger partial charge in [0.2, 0.25) is 0 Å². The van der Waals surface area contributed by atoms with Crippen molar-refractivity contribution in [3.63, 3.8) is 0 Å². The number of nitrogens with one attached hydrogen (secondary N) is 1. The van der Waals surface area contributed by atoms with Crippen molar-refractivity contribution in [2.75, 3.05) is 13.1 Å². The van der Waals surface area contributed by atoms with E-state index in [1.165, 1.54) is 38.5 Å². The summed E-state index contributed by atoms with van der Waals surface area (Å²) >= 11 is 0. The fourth-order valence-electron chi connectivity index (χ4n) is 5.37. The second-order valence-electron chi connectivity index (χ2n) is 8.72. The molecule has 3 fully saturated rings. The molecule has 2 aliphatic heterocycles. The number of aliphatic hydroxyl groups is 1. The minimum absolute atomic E-state index is 0.187. The van der Waals surface area contributed by atoms with Gasteiger partial charge in [0.1, 0.15) is 0 Å². The summed E-state index contributed by atoms with van der Waals surface area (Å²) in [5.41, 5.74) is 0. The van der Waals surface area contributed by atoms with Gasteiger partial charge in [0.15, 0.2) is 0 Å². The fourth-order valence-corrected chi connectivity index (χ4v) is 5.37. The topological polar surface area (TPSA) is 78.8 Å². The standard InChI is InChI=1S/C22H37NO4/c24-19(16-7-5-6-8-16)15-23-14-13-18-17(20-11-12-21(18)27-20)9-3-1-2-4-10-22(25)26/h1,3,16-21,23-24H,2,4-15H2,(H,25,26)/t17-,18+,19?,20-,21+/m1/s1. The quantitative estimate of drug-likeness (QED) is 0.357. The lowest BCUT2D eigenvalue weighted by molar-refractivity contribution is -0.137. The van der Waals surface area contributed by atoms with E-state index in [4.69, 9.17) is 9.84 Å². The van der Waals surface area contributed by atoms with Crippen molar-refractivity contribution < 1.29 is 19.7 Å². The average Bonchev–Trinajstić information content (AvgIpc) is 3.39. The van der Waals surface area contributed by atoms with Crippen LogP contribution in [0, 0.1) is 17.8 Å². The van der Waals surface area contributed by atoms with Crippen LogP contribution in [0.15, 0.2) is 12.2 Å². The summed E-state index contributed by atoms with van der Waals surface area (Å²) in [6, 6.07) is 0. The molecule has 0 radical (unpaired) electrons. The lowest BCUT2D eigenvalue weighted by Gasteiger charge is -2.27. The van der Waals surface area contributed by atoms with Crippen LogP contribution in [-0.4, -0.2) is 47.6 Å². The lowest BCUT2D eigenvalue weighted by Crippen LogP contribution is -2.35. The Bertz CT molecular complexity index is 489. The summed E-state index contributed by atoms with van der Waals surface area (Å²) in [5.74, 6) is 1.00. The second kappa shape index (κ2) is 10.6. The summed E-state index contributed by atoms with van der Waals surface area (Å²) < 4.78 is 6.18. The number of hydrogen-bond acceptors (Lipinski definition) is 4. The number of carboxylic acid groups (broad SMARTS) is 1. The molecule has 3 N–H and O–H groups in total. The van der Waals surface area contributed by atoms with Crippen LogP contribution in [0.3, 0.4) is 0 Å². The van der Waals surface area contributed by atoms with E-state index < -0.39 is 5.97 Å². The lowest BCUT2D eigenvalue weighted by atomic mass is 9.76. The highest BCUT2D eigenvalue weighted by Crippen LogP contribution is 2.46. The molecule has 3 aliphatic rings. The van der Waals surface area contributed by atoms with Crippen molar-refractivity contribution in [1.82, 2.24) is 5.32 Å². The predicted octanol–water partition coefficient (Wildman–Crippen LogP) is 3.51. The van der Waals surface area contributed by atoms with Crippen molar-refractivity contribution in [2.45, 2.75) is 88.9 Å². The summed E-state index contributed by atoms with van der Waals surface area (Å²) in [6.45, 7) is 1.68. The van der Waals surface area contributed by atoms with Crippen molar-refractivity contribution in [3.05, 3.63) is 12.2 Å². The fraction of sp³-hybridized carbons (Fsp3) is 0.864. The number of allylic oxidation sites excluding steroid dienone is 2. The number of fused-ring (bicyclic) bond motifs is 2. The predicted molar refractivity (Wildman–Crippen MR) is 106 cm³/mol. The number of unbranched alkanes of at least 4 members (excludes halogenated alkanes) is 1. The minimum atomic E-state index is -0.712. The average molecular weight is 380 g/mol. The van der Waals surface area contributed by atoms with Crippen LogP contribution in [0.5, 0.6) is 0 Å². The van der Waals surface area contributed by atoms with E-state index in [1.807, 2.05) is 0 Å². The van der Waals surface area contributed by atoms with E-state index in [0.29, 0.717) is 30.0 Å². The van der Waals surface area contributed by atoms with Crippen LogP contribution in [0.1, 0.15) is 70.6 Å². The SMILES string of the molecule is O=C(O)CCCC=CC[C@@H]1[C@H](CCNCC(O)C2CCCC2)[C@@H]2CC[C@H]1O2. The zero-order valence-corrected chi connectivity index (χ0v) is 16.5. The number of ether oxygens (including phenoxy) is 1. The van der Waals surface area contributed by atoms with E-state index in [9.17, 15) is 9.90 Å². The normalized spacial score (nSPS) is 31.9. The van der Waals surface area contributed by atoms with Crippen LogP contribution in [0.25, 0.3) is 0 Å². The maximum atomic E-state index is 10.6. The Kier molecular flexibility index (Phi) is 8.16. The van der Waals surface area contributed by atoms with Crippen molar-refractivity contribution >= 4 is 5.97 Å². The van der Waals surface area contributed by atoms with Crippen LogP contribution in [0.4, 0.5) is 0 Å². The van der Waals surface area contributed by atoms with Crippen molar-refractivity contribution in [3.8, 4) is 0 Å². The van der Waals surface area contributed by atoms with Gasteiger partial charge in [-0.25, -0.2) is 0 Å². The third-order valence-corrected chi connectivity index (χ3v) is 6.88. The number of carbonyl (C=O) groups is 1. The van der Waals surface area contributed by atoms with Gasteiger partial charge in [-0.15, -0.1) is 0 Å². The molecule has 2 heterocycles. The van der Waals surface area contributed by atoms with Gasteiger partial charge in [-0.2, -0.15) is 0 Å². The first kappa shape index (κ1) is 20.8. The smallest absolute Gasteiger partial charge is 0.303 e. The Morgan fingerprint density at radius 3 is 2.59 bits per heavy atom. The maximum Gasteiger partial charge on any atom is 0.303 e. The van der Waals surface area contributed by atoms with Crippen molar-refractivity contribution in [1.29, 1.82) is 0 Å². The van der Waals surface area contributed by atoms with Gasteiger partial charge in [0.05, 0.1) is 18.3 Å². The molecule has 5 heteroatoms. The Morgan fingerprint density at radius 2 is 1.85 bits per heavy atom. The van der Waals surface area contributed by atoms with E-state index >= 15 is 0 Å². The zero-order valence-electron chi connectivity index (χ0n) is 16.5. The Balaban J connectivity index is 1.35. The summed E-state index contributed by atoms with van der Waals surface area (Å²) in [4.78, 5) is 10.6.